The van der Waals surface area contributed by atoms with E-state index < -0.39 is 59.5 Å². The topological polar surface area (TPSA) is 133 Å². The summed E-state index contributed by atoms with van der Waals surface area (Å²) in [6, 6.07) is 23.4. The first-order chi connectivity index (χ1) is 20.1. The predicted octanol–water partition coefficient (Wildman–Crippen LogP) is 3.12. The highest BCUT2D eigenvalue weighted by molar-refractivity contribution is 6.38. The van der Waals surface area contributed by atoms with E-state index in [1.165, 1.54) is 6.92 Å². The third kappa shape index (κ3) is 9.12. The van der Waals surface area contributed by atoms with E-state index in [0.29, 0.717) is 5.56 Å². The lowest BCUT2D eigenvalue weighted by Gasteiger charge is -2.25. The molecule has 220 valence electrons. The molecule has 9 heteroatoms. The minimum Gasteiger partial charge on any atom is -0.344 e. The van der Waals surface area contributed by atoms with Gasteiger partial charge in [0.2, 0.25) is 17.6 Å². The summed E-state index contributed by atoms with van der Waals surface area (Å²) in [7, 11) is 0. The number of Topliss-reactive ketones (excluding diaryl/α,β-unsaturated/α-hetero) is 1. The lowest BCUT2D eigenvalue weighted by molar-refractivity contribution is -0.141. The van der Waals surface area contributed by atoms with E-state index in [-0.39, 0.29) is 6.42 Å². The molecule has 0 saturated heterocycles. The van der Waals surface area contributed by atoms with Crippen LogP contribution in [-0.2, 0) is 25.6 Å². The van der Waals surface area contributed by atoms with E-state index in [2.05, 4.69) is 21.3 Å². The Kier molecular flexibility index (Phi) is 11.5. The fourth-order valence-electron chi connectivity index (χ4n) is 4.32. The quantitative estimate of drug-likeness (QED) is 0.234. The van der Waals surface area contributed by atoms with Gasteiger partial charge in [-0.1, -0.05) is 92.7 Å². The van der Waals surface area contributed by atoms with Crippen molar-refractivity contribution in [2.24, 2.45) is 5.92 Å². The number of amides is 4. The first kappa shape index (κ1) is 31.7. The number of carbonyl (C=O) groups is 5. The van der Waals surface area contributed by atoms with Gasteiger partial charge in [-0.15, -0.1) is 0 Å². The Balaban J connectivity index is 1.66. The number of rotatable bonds is 13. The van der Waals surface area contributed by atoms with Gasteiger partial charge in [-0.05, 0) is 43.0 Å². The zero-order chi connectivity index (χ0) is 30.6. The number of hydrogen-bond acceptors (Lipinski definition) is 5. The highest BCUT2D eigenvalue weighted by Gasteiger charge is 2.32. The Bertz CT molecular complexity index is 1360. The Morgan fingerprint density at radius 3 is 1.74 bits per heavy atom. The van der Waals surface area contributed by atoms with Crippen LogP contribution in [-0.4, -0.2) is 47.5 Å². The van der Waals surface area contributed by atoms with Gasteiger partial charge >= 0.3 is 0 Å². The second-order valence-electron chi connectivity index (χ2n) is 10.5. The summed E-state index contributed by atoms with van der Waals surface area (Å²) in [6.45, 7) is 6.68. The number of ketones is 1. The Morgan fingerprint density at radius 2 is 1.17 bits per heavy atom. The molecular weight excluding hydrogens is 532 g/mol. The van der Waals surface area contributed by atoms with E-state index >= 15 is 0 Å². The Hall–Kier alpha value is -4.79. The average molecular weight is 571 g/mol. The van der Waals surface area contributed by atoms with Crippen molar-refractivity contribution in [2.75, 3.05) is 0 Å². The van der Waals surface area contributed by atoms with Gasteiger partial charge in [0, 0.05) is 12.0 Å². The normalized spacial score (nSPS) is 13.6. The van der Waals surface area contributed by atoms with Gasteiger partial charge in [-0.3, -0.25) is 24.0 Å². The van der Waals surface area contributed by atoms with Crippen LogP contribution in [0.2, 0.25) is 0 Å². The molecule has 4 amide bonds. The molecule has 0 unspecified atom stereocenters. The molecule has 0 aliphatic heterocycles. The third-order valence-electron chi connectivity index (χ3n) is 6.81. The van der Waals surface area contributed by atoms with Crippen LogP contribution in [0.1, 0.15) is 55.2 Å². The van der Waals surface area contributed by atoms with Crippen LogP contribution in [0.5, 0.6) is 0 Å². The first-order valence-electron chi connectivity index (χ1n) is 14.0. The molecule has 4 atom stereocenters. The van der Waals surface area contributed by atoms with Gasteiger partial charge in [0.05, 0.1) is 12.1 Å². The minimum absolute atomic E-state index is 0.201. The van der Waals surface area contributed by atoms with Crippen molar-refractivity contribution in [2.45, 2.75) is 58.3 Å². The first-order valence-corrected chi connectivity index (χ1v) is 14.0. The van der Waals surface area contributed by atoms with Crippen molar-refractivity contribution in [3.8, 4) is 0 Å². The van der Waals surface area contributed by atoms with Crippen LogP contribution >= 0.6 is 0 Å². The molecule has 0 saturated carbocycles. The largest absolute Gasteiger partial charge is 0.344 e. The second-order valence-corrected chi connectivity index (χ2v) is 10.5. The molecule has 0 bridgehead atoms. The molecule has 4 N–H and O–H groups in total. The summed E-state index contributed by atoms with van der Waals surface area (Å²) in [6.07, 6.45) is 0.201. The van der Waals surface area contributed by atoms with Gasteiger partial charge in [0.15, 0.2) is 0 Å². The lowest BCUT2D eigenvalue weighted by atomic mass is 9.98. The van der Waals surface area contributed by atoms with Crippen molar-refractivity contribution >= 4 is 29.4 Å². The molecule has 0 spiro atoms. The standard InChI is InChI=1S/C33H38N4O5/c1-21(2)28(29(38)33(42)34-22(3)25-16-10-6-11-17-25)37-30(39)23(4)35-32(41)27(20-24-14-8-5-9-15-24)36-31(40)26-18-12-7-13-19-26/h5-19,21-23,27-28H,20H2,1-4H3,(H,34,42)(H,35,41)(H,36,40)(H,37,39)/t22-,23-,27-,28-/m0/s1. The number of hydrogen-bond donors (Lipinski definition) is 4. The number of carbonyl (C=O) groups excluding carboxylic acids is 5. The third-order valence-corrected chi connectivity index (χ3v) is 6.81. The van der Waals surface area contributed by atoms with Crippen molar-refractivity contribution in [1.82, 2.24) is 21.3 Å². The number of benzene rings is 3. The monoisotopic (exact) mass is 570 g/mol. The molecule has 0 fully saturated rings. The summed E-state index contributed by atoms with van der Waals surface area (Å²) < 4.78 is 0. The zero-order valence-corrected chi connectivity index (χ0v) is 24.3. The summed E-state index contributed by atoms with van der Waals surface area (Å²) in [5.74, 6) is -3.60. The Labute approximate surface area is 246 Å². The molecule has 0 heterocycles. The fraction of sp³-hybridized carbons (Fsp3) is 0.303. The highest BCUT2D eigenvalue weighted by Crippen LogP contribution is 2.12. The van der Waals surface area contributed by atoms with E-state index in [1.807, 2.05) is 60.7 Å². The SMILES string of the molecule is CC(C)[C@H](NC(=O)[C@H](C)NC(=O)[C@H](Cc1ccccc1)NC(=O)c1ccccc1)C(=O)C(=O)N[C@@H](C)c1ccccc1. The van der Waals surface area contributed by atoms with Crippen molar-refractivity contribution < 1.29 is 24.0 Å². The minimum atomic E-state index is -1.10. The molecule has 0 radical (unpaired) electrons. The molecule has 9 nitrogen and oxygen atoms in total. The van der Waals surface area contributed by atoms with Crippen molar-refractivity contribution in [3.05, 3.63) is 108 Å². The molecule has 0 aliphatic rings. The summed E-state index contributed by atoms with van der Waals surface area (Å²) in [5.41, 5.74) is 2.06. The van der Waals surface area contributed by atoms with Gasteiger partial charge < -0.3 is 21.3 Å². The molecule has 3 aromatic rings. The molecule has 0 aliphatic carbocycles. The summed E-state index contributed by atoms with van der Waals surface area (Å²) in [5, 5.41) is 10.7. The second kappa shape index (κ2) is 15.3. The molecule has 0 aromatic heterocycles. The fourth-order valence-corrected chi connectivity index (χ4v) is 4.32. The van der Waals surface area contributed by atoms with Crippen LogP contribution in [0.4, 0.5) is 0 Å². The van der Waals surface area contributed by atoms with Gasteiger partial charge in [0.1, 0.15) is 12.1 Å². The lowest BCUT2D eigenvalue weighted by Crippen LogP contribution is -2.57. The maximum absolute atomic E-state index is 13.3. The number of nitrogens with one attached hydrogen (secondary N) is 4. The van der Waals surface area contributed by atoms with Crippen molar-refractivity contribution in [3.63, 3.8) is 0 Å². The zero-order valence-electron chi connectivity index (χ0n) is 24.3. The van der Waals surface area contributed by atoms with E-state index in [4.69, 9.17) is 0 Å². The van der Waals surface area contributed by atoms with Gasteiger partial charge in [-0.25, -0.2) is 0 Å². The predicted molar refractivity (Wildman–Crippen MR) is 160 cm³/mol. The smallest absolute Gasteiger partial charge is 0.290 e. The summed E-state index contributed by atoms with van der Waals surface area (Å²) >= 11 is 0. The molecular formula is C33H38N4O5. The van der Waals surface area contributed by atoms with E-state index in [9.17, 15) is 24.0 Å². The van der Waals surface area contributed by atoms with E-state index in [0.717, 1.165) is 11.1 Å². The van der Waals surface area contributed by atoms with Crippen LogP contribution < -0.4 is 21.3 Å². The average Bonchev–Trinajstić information content (AvgIpc) is 3.00. The van der Waals surface area contributed by atoms with Crippen LogP contribution in [0.3, 0.4) is 0 Å². The van der Waals surface area contributed by atoms with Crippen LogP contribution in [0.25, 0.3) is 0 Å². The van der Waals surface area contributed by atoms with Gasteiger partial charge in [-0.2, -0.15) is 0 Å². The maximum Gasteiger partial charge on any atom is 0.290 e. The molecule has 3 rings (SSSR count). The van der Waals surface area contributed by atoms with Crippen molar-refractivity contribution in [1.29, 1.82) is 0 Å². The van der Waals surface area contributed by atoms with Crippen LogP contribution in [0.15, 0.2) is 91.0 Å². The van der Waals surface area contributed by atoms with Crippen LogP contribution in [0, 0.1) is 5.92 Å². The molecule has 42 heavy (non-hydrogen) atoms. The molecule has 3 aromatic carbocycles. The van der Waals surface area contributed by atoms with E-state index in [1.54, 1.807) is 51.1 Å². The van der Waals surface area contributed by atoms with Gasteiger partial charge in [0.25, 0.3) is 11.8 Å². The highest BCUT2D eigenvalue weighted by atomic mass is 16.2. The Morgan fingerprint density at radius 1 is 0.619 bits per heavy atom. The summed E-state index contributed by atoms with van der Waals surface area (Å²) in [4.78, 5) is 65.1. The maximum atomic E-state index is 13.3.